The van der Waals surface area contributed by atoms with Crippen LogP contribution >= 0.6 is 0 Å². The number of amides is 1. The molecule has 0 saturated heterocycles. The summed E-state index contributed by atoms with van der Waals surface area (Å²) in [7, 11) is 0. The largest absolute Gasteiger partial charge is 0.452 e. The van der Waals surface area contributed by atoms with E-state index in [9.17, 15) is 14.0 Å². The fraction of sp³-hybridized carbons (Fsp3) is 0.385. The molecule has 0 radical (unpaired) electrons. The molecule has 0 aliphatic heterocycles. The van der Waals surface area contributed by atoms with Gasteiger partial charge in [0.1, 0.15) is 5.82 Å². The Balaban J connectivity index is 2.54. The Morgan fingerprint density at radius 2 is 2.16 bits per heavy atom. The van der Waals surface area contributed by atoms with Gasteiger partial charge >= 0.3 is 5.97 Å². The average molecular weight is 268 g/mol. The number of halogens is 1. The number of carbonyl (C=O) groups excluding carboxylic acids is 2. The lowest BCUT2D eigenvalue weighted by molar-refractivity contribution is -0.124. The van der Waals surface area contributed by atoms with Gasteiger partial charge in [-0.25, -0.2) is 9.18 Å². The van der Waals surface area contributed by atoms with E-state index in [4.69, 9.17) is 10.5 Å². The minimum Gasteiger partial charge on any atom is -0.452 e. The van der Waals surface area contributed by atoms with Crippen LogP contribution in [0.1, 0.15) is 30.6 Å². The first kappa shape index (κ1) is 14.9. The van der Waals surface area contributed by atoms with Gasteiger partial charge in [0.15, 0.2) is 6.61 Å². The van der Waals surface area contributed by atoms with Gasteiger partial charge in [0.2, 0.25) is 0 Å². The molecule has 6 heteroatoms. The van der Waals surface area contributed by atoms with Gasteiger partial charge in [0.05, 0.1) is 5.56 Å². The minimum absolute atomic E-state index is 0.0158. The van der Waals surface area contributed by atoms with Gasteiger partial charge in [-0.3, -0.25) is 4.79 Å². The third-order valence-electron chi connectivity index (χ3n) is 2.59. The van der Waals surface area contributed by atoms with Crippen molar-refractivity contribution in [2.24, 2.45) is 0 Å². The maximum atomic E-state index is 12.8. The molecule has 1 amide bonds. The standard InChI is InChI=1S/C13H17FN2O3/c1-3-8(2)16-12(17)7-19-13(18)10-5-4-9(14)6-11(10)15/h4-6,8H,3,7,15H2,1-2H3,(H,16,17). The second kappa shape index (κ2) is 6.72. The molecular weight excluding hydrogens is 251 g/mol. The van der Waals surface area contributed by atoms with E-state index in [1.165, 1.54) is 6.07 Å². The summed E-state index contributed by atoms with van der Waals surface area (Å²) >= 11 is 0. The van der Waals surface area contributed by atoms with Crippen molar-refractivity contribution in [3.8, 4) is 0 Å². The van der Waals surface area contributed by atoms with Gasteiger partial charge in [-0.15, -0.1) is 0 Å². The Hall–Kier alpha value is -2.11. The van der Waals surface area contributed by atoms with Gasteiger partial charge in [-0.1, -0.05) is 6.92 Å². The normalized spacial score (nSPS) is 11.7. The summed E-state index contributed by atoms with van der Waals surface area (Å²) in [6.07, 6.45) is 0.782. The van der Waals surface area contributed by atoms with E-state index < -0.39 is 11.8 Å². The minimum atomic E-state index is -0.753. The quantitative estimate of drug-likeness (QED) is 0.626. The van der Waals surface area contributed by atoms with Crippen LogP contribution in [0.25, 0.3) is 0 Å². The number of nitrogens with two attached hydrogens (primary N) is 1. The van der Waals surface area contributed by atoms with Gasteiger partial charge in [0.25, 0.3) is 5.91 Å². The van der Waals surface area contributed by atoms with Crippen LogP contribution in [0.3, 0.4) is 0 Å². The lowest BCUT2D eigenvalue weighted by Crippen LogP contribution is -2.35. The van der Waals surface area contributed by atoms with Crippen LogP contribution in [-0.4, -0.2) is 24.5 Å². The number of anilines is 1. The number of hydrogen-bond acceptors (Lipinski definition) is 4. The van der Waals surface area contributed by atoms with Crippen LogP contribution in [-0.2, 0) is 9.53 Å². The third kappa shape index (κ3) is 4.57. The zero-order valence-electron chi connectivity index (χ0n) is 10.9. The van der Waals surface area contributed by atoms with Crippen LogP contribution in [0, 0.1) is 5.82 Å². The van der Waals surface area contributed by atoms with Crippen molar-refractivity contribution in [1.29, 1.82) is 0 Å². The van der Waals surface area contributed by atoms with Crippen LogP contribution in [0.5, 0.6) is 0 Å². The molecule has 0 heterocycles. The summed E-state index contributed by atoms with van der Waals surface area (Å²) in [5.41, 5.74) is 5.51. The Labute approximate surface area is 110 Å². The molecule has 104 valence electrons. The molecule has 1 unspecified atom stereocenters. The van der Waals surface area contributed by atoms with Gasteiger partial charge in [-0.2, -0.15) is 0 Å². The van der Waals surface area contributed by atoms with E-state index in [-0.39, 0.29) is 29.8 Å². The first-order chi connectivity index (χ1) is 8.93. The number of nitrogens with one attached hydrogen (secondary N) is 1. The van der Waals surface area contributed by atoms with E-state index in [1.54, 1.807) is 0 Å². The van der Waals surface area contributed by atoms with E-state index in [0.29, 0.717) is 0 Å². The molecule has 1 rings (SSSR count). The molecular formula is C13H17FN2O3. The predicted octanol–water partition coefficient (Wildman–Crippen LogP) is 1.48. The second-order valence-corrected chi connectivity index (χ2v) is 4.18. The van der Waals surface area contributed by atoms with Gasteiger partial charge < -0.3 is 15.8 Å². The Kier molecular flexibility index (Phi) is 5.29. The number of ether oxygens (including phenoxy) is 1. The molecule has 5 nitrogen and oxygen atoms in total. The first-order valence-electron chi connectivity index (χ1n) is 5.95. The van der Waals surface area contributed by atoms with Crippen molar-refractivity contribution in [3.63, 3.8) is 0 Å². The number of carbonyl (C=O) groups is 2. The average Bonchev–Trinajstić information content (AvgIpc) is 2.35. The van der Waals surface area contributed by atoms with E-state index in [2.05, 4.69) is 5.32 Å². The maximum absolute atomic E-state index is 12.8. The van der Waals surface area contributed by atoms with Crippen LogP contribution < -0.4 is 11.1 Å². The highest BCUT2D eigenvalue weighted by Crippen LogP contribution is 2.14. The molecule has 3 N–H and O–H groups in total. The van der Waals surface area contributed by atoms with Crippen molar-refractivity contribution in [3.05, 3.63) is 29.6 Å². The summed E-state index contributed by atoms with van der Waals surface area (Å²) in [6.45, 7) is 3.38. The molecule has 0 fully saturated rings. The molecule has 0 bridgehead atoms. The molecule has 0 aliphatic rings. The van der Waals surface area contributed by atoms with Crippen LogP contribution in [0.2, 0.25) is 0 Å². The van der Waals surface area contributed by atoms with Crippen molar-refractivity contribution >= 4 is 17.6 Å². The number of hydrogen-bond donors (Lipinski definition) is 2. The second-order valence-electron chi connectivity index (χ2n) is 4.18. The number of benzene rings is 1. The molecule has 0 saturated carbocycles. The third-order valence-corrected chi connectivity index (χ3v) is 2.59. The highest BCUT2D eigenvalue weighted by atomic mass is 19.1. The zero-order chi connectivity index (χ0) is 14.4. The summed E-state index contributed by atoms with van der Waals surface area (Å²) < 4.78 is 17.6. The summed E-state index contributed by atoms with van der Waals surface area (Å²) in [5.74, 6) is -1.68. The summed E-state index contributed by atoms with van der Waals surface area (Å²) in [5, 5.41) is 2.65. The van der Waals surface area contributed by atoms with E-state index >= 15 is 0 Å². The zero-order valence-corrected chi connectivity index (χ0v) is 10.9. The number of nitrogen functional groups attached to an aromatic ring is 1. The molecule has 0 aromatic heterocycles. The Bertz CT molecular complexity index is 477. The monoisotopic (exact) mass is 268 g/mol. The first-order valence-corrected chi connectivity index (χ1v) is 5.95. The molecule has 19 heavy (non-hydrogen) atoms. The Morgan fingerprint density at radius 1 is 1.47 bits per heavy atom. The maximum Gasteiger partial charge on any atom is 0.340 e. The van der Waals surface area contributed by atoms with Crippen LogP contribution in [0.15, 0.2) is 18.2 Å². The molecule has 1 atom stereocenters. The smallest absolute Gasteiger partial charge is 0.340 e. The summed E-state index contributed by atoms with van der Waals surface area (Å²) in [6, 6.07) is 3.36. The van der Waals surface area contributed by atoms with Crippen molar-refractivity contribution in [2.45, 2.75) is 26.3 Å². The highest BCUT2D eigenvalue weighted by molar-refractivity contribution is 5.96. The molecule has 1 aromatic rings. The lowest BCUT2D eigenvalue weighted by atomic mass is 10.2. The topological polar surface area (TPSA) is 81.4 Å². The lowest BCUT2D eigenvalue weighted by Gasteiger charge is -2.11. The number of rotatable bonds is 5. The fourth-order valence-electron chi connectivity index (χ4n) is 1.35. The number of esters is 1. The molecule has 0 spiro atoms. The summed E-state index contributed by atoms with van der Waals surface area (Å²) in [4.78, 5) is 23.0. The van der Waals surface area contributed by atoms with Crippen molar-refractivity contribution in [1.82, 2.24) is 5.32 Å². The van der Waals surface area contributed by atoms with Gasteiger partial charge in [0, 0.05) is 11.7 Å². The highest BCUT2D eigenvalue weighted by Gasteiger charge is 2.14. The fourth-order valence-corrected chi connectivity index (χ4v) is 1.35. The van der Waals surface area contributed by atoms with Gasteiger partial charge in [-0.05, 0) is 31.5 Å². The Morgan fingerprint density at radius 3 is 2.74 bits per heavy atom. The van der Waals surface area contributed by atoms with Crippen molar-refractivity contribution < 1.29 is 18.7 Å². The molecule has 0 aliphatic carbocycles. The van der Waals surface area contributed by atoms with E-state index in [1.807, 2.05) is 13.8 Å². The SMILES string of the molecule is CCC(C)NC(=O)COC(=O)c1ccc(F)cc1N. The molecule has 1 aromatic carbocycles. The van der Waals surface area contributed by atoms with Crippen LogP contribution in [0.4, 0.5) is 10.1 Å². The van der Waals surface area contributed by atoms with E-state index in [0.717, 1.165) is 18.6 Å². The predicted molar refractivity (Wildman–Crippen MR) is 69.0 cm³/mol. The van der Waals surface area contributed by atoms with Crippen molar-refractivity contribution in [2.75, 3.05) is 12.3 Å².